The molecule has 356 valence electrons. The van der Waals surface area contributed by atoms with Crippen LogP contribution >= 0.6 is 0 Å². The van der Waals surface area contributed by atoms with Crippen molar-refractivity contribution in [3.63, 3.8) is 0 Å². The number of aromatic nitrogens is 5. The van der Waals surface area contributed by atoms with Crippen LogP contribution in [0, 0.1) is 53.7 Å². The minimum atomic E-state index is 0.651. The molecule has 6 bridgehead atoms. The number of aryl methyl sites for hydroxylation is 5. The Morgan fingerprint density at radius 1 is 0.427 bits per heavy atom. The van der Waals surface area contributed by atoms with Gasteiger partial charge in [0.1, 0.15) is 5.52 Å². The number of fused-ring (bicyclic) bond motifs is 8. The topological polar surface area (TPSA) is 40.6 Å². The van der Waals surface area contributed by atoms with Gasteiger partial charge >= 0.3 is 0 Å². The van der Waals surface area contributed by atoms with Crippen LogP contribution in [0.25, 0.3) is 133 Å². The fourth-order valence-electron chi connectivity index (χ4n) is 12.7. The largest absolute Gasteiger partial charge is 0.308 e. The molecule has 2 aliphatic heterocycles. The van der Waals surface area contributed by atoms with E-state index in [1.807, 2.05) is 0 Å². The van der Waals surface area contributed by atoms with E-state index < -0.39 is 0 Å². The van der Waals surface area contributed by atoms with Crippen molar-refractivity contribution in [1.29, 1.82) is 0 Å². The Bertz CT molecular complexity index is 4580. The van der Waals surface area contributed by atoms with E-state index in [4.69, 9.17) is 9.97 Å². The van der Waals surface area contributed by atoms with Gasteiger partial charge in [-0.1, -0.05) is 131 Å². The van der Waals surface area contributed by atoms with Crippen LogP contribution < -0.4 is 0 Å². The van der Waals surface area contributed by atoms with Gasteiger partial charge in [0.2, 0.25) is 0 Å². The number of nitrogens with zero attached hydrogens (tertiary/aromatic N) is 5. The van der Waals surface area contributed by atoms with Crippen molar-refractivity contribution >= 4 is 71.0 Å². The van der Waals surface area contributed by atoms with Gasteiger partial charge in [-0.2, -0.15) is 0 Å². The van der Waals surface area contributed by atoms with Gasteiger partial charge in [-0.05, 0) is 156 Å². The molecule has 5 heteroatoms. The van der Waals surface area contributed by atoms with E-state index in [0.29, 0.717) is 5.82 Å². The highest BCUT2D eigenvalue weighted by Gasteiger charge is 2.35. The lowest BCUT2D eigenvalue weighted by molar-refractivity contribution is 1.01. The van der Waals surface area contributed by atoms with E-state index in [1.54, 1.807) is 0 Å². The maximum absolute atomic E-state index is 5.93. The highest BCUT2D eigenvalue weighted by Crippen LogP contribution is 2.52. The molecule has 16 rings (SSSR count). The van der Waals surface area contributed by atoms with E-state index in [9.17, 15) is 0 Å². The summed E-state index contributed by atoms with van der Waals surface area (Å²) < 4.78 is 7.65. The van der Waals surface area contributed by atoms with Crippen LogP contribution in [0.1, 0.15) is 51.8 Å². The second-order valence-electron chi connectivity index (χ2n) is 21.1. The van der Waals surface area contributed by atoms with Gasteiger partial charge in [-0.3, -0.25) is 0 Å². The van der Waals surface area contributed by atoms with Crippen LogP contribution in [0.3, 0.4) is 0 Å². The minimum Gasteiger partial charge on any atom is -0.308 e. The predicted octanol–water partition coefficient (Wildman–Crippen LogP) is 17.9. The van der Waals surface area contributed by atoms with E-state index in [0.717, 1.165) is 124 Å². The number of rotatable bonds is 4. The van der Waals surface area contributed by atoms with Crippen LogP contribution in [0.15, 0.2) is 176 Å². The molecule has 6 heterocycles. The maximum Gasteiger partial charge on any atom is 0.164 e. The Kier molecular flexibility index (Phi) is 9.32. The van der Waals surface area contributed by atoms with E-state index in [2.05, 4.69) is 243 Å². The predicted molar refractivity (Wildman–Crippen MR) is 313 cm³/mol. The fourth-order valence-corrected chi connectivity index (χ4v) is 12.7. The van der Waals surface area contributed by atoms with Gasteiger partial charge in [0.15, 0.2) is 5.82 Å². The zero-order valence-electron chi connectivity index (χ0n) is 42.9. The highest BCUT2D eigenvalue weighted by atomic mass is 15.1. The molecule has 0 unspecified atom stereocenters. The molecule has 75 heavy (non-hydrogen) atoms. The molecule has 5 nitrogen and oxygen atoms in total. The summed E-state index contributed by atoms with van der Waals surface area (Å²) in [6.07, 6.45) is 8.67. The first-order valence-electron chi connectivity index (χ1n) is 26.2. The van der Waals surface area contributed by atoms with E-state index in [-0.39, 0.29) is 0 Å². The quantitative estimate of drug-likeness (QED) is 0.176. The van der Waals surface area contributed by atoms with Crippen molar-refractivity contribution < 1.29 is 0 Å². The molecule has 9 aromatic carbocycles. The summed E-state index contributed by atoms with van der Waals surface area (Å²) in [6, 6.07) is 66.2. The van der Waals surface area contributed by atoms with Crippen molar-refractivity contribution in [3.05, 3.63) is 227 Å². The SMILES string of the molecule is Cc1c#cc2c(c1)c1cc(C)ccc1n2-c1c(C2=CC=CCC2)c(-n2c3ccc(C)cc3c3cc(C)ccc32)c(C)c2c1-c1nc(-c3ccccc3)cc(n1)-c1ccccc1-c1ccc3c(c1)c1cc(C)ccc1n3-2. The third-order valence-electron chi connectivity index (χ3n) is 16.1. The van der Waals surface area contributed by atoms with Crippen LogP contribution in [0.5, 0.6) is 0 Å². The Morgan fingerprint density at radius 2 is 0.960 bits per heavy atom. The summed E-state index contributed by atoms with van der Waals surface area (Å²) >= 11 is 0. The van der Waals surface area contributed by atoms with Gasteiger partial charge in [-0.25, -0.2) is 9.97 Å². The summed E-state index contributed by atoms with van der Waals surface area (Å²) in [5.74, 6) is 0.651. The average Bonchev–Trinajstić information content (AvgIpc) is 4.18. The van der Waals surface area contributed by atoms with Crippen molar-refractivity contribution in [3.8, 4) is 62.1 Å². The number of benzene rings is 8. The Balaban J connectivity index is 1.28. The van der Waals surface area contributed by atoms with E-state index >= 15 is 0 Å². The smallest absolute Gasteiger partial charge is 0.164 e. The van der Waals surface area contributed by atoms with E-state index in [1.165, 1.54) is 54.8 Å². The molecule has 0 spiro atoms. The summed E-state index contributed by atoms with van der Waals surface area (Å²) in [5, 5.41) is 7.17. The van der Waals surface area contributed by atoms with Crippen molar-refractivity contribution in [2.24, 2.45) is 0 Å². The molecule has 0 radical (unpaired) electrons. The standard InChI is InChI=1S/C70H51N5/c1-40-21-27-59-51(33-40)52-34-41(2)22-28-60(52)73(59)67-45(6)68-66(69(65(67)47-17-11-8-12-18-47)75-62-30-24-42(3)35-53(62)54-36-43(4)25-31-63(54)75)70-71-57(46-15-9-7-10-16-46)39-58(72-70)50-20-14-13-19-49(50)48-26-32-64-56(38-48)55-37-44(5)23-29-61(55)74(64)68/h7-11,13-17,19-24,26-30,32-39H,12,18H2,1-6H3. The average molecular weight is 962 g/mol. The first-order valence-corrected chi connectivity index (χ1v) is 26.2. The molecule has 1 aliphatic carbocycles. The van der Waals surface area contributed by atoms with Gasteiger partial charge in [0.05, 0.1) is 61.6 Å². The molecule has 0 amide bonds. The lowest BCUT2D eigenvalue weighted by atomic mass is 9.87. The van der Waals surface area contributed by atoms with Gasteiger partial charge in [0, 0.05) is 54.6 Å². The van der Waals surface area contributed by atoms with Crippen molar-refractivity contribution in [2.75, 3.05) is 0 Å². The number of allylic oxidation sites excluding steroid dienone is 4. The molecule has 3 aliphatic rings. The van der Waals surface area contributed by atoms with Gasteiger partial charge in [-0.15, -0.1) is 0 Å². The summed E-state index contributed by atoms with van der Waals surface area (Å²) in [7, 11) is 0. The maximum atomic E-state index is 5.93. The van der Waals surface area contributed by atoms with Crippen molar-refractivity contribution in [1.82, 2.24) is 23.7 Å². The zero-order valence-corrected chi connectivity index (χ0v) is 42.9. The molecular weight excluding hydrogens is 911 g/mol. The summed E-state index contributed by atoms with van der Waals surface area (Å²) in [5.41, 5.74) is 26.2. The molecule has 0 N–H and O–H groups in total. The first-order chi connectivity index (χ1) is 36.7. The Morgan fingerprint density at radius 3 is 1.57 bits per heavy atom. The third kappa shape index (κ3) is 6.39. The van der Waals surface area contributed by atoms with Crippen LogP contribution in [0.4, 0.5) is 0 Å². The normalized spacial score (nSPS) is 13.0. The lowest BCUT2D eigenvalue weighted by Crippen LogP contribution is -2.16. The lowest BCUT2D eigenvalue weighted by Gasteiger charge is -2.30. The first kappa shape index (κ1) is 43.4. The van der Waals surface area contributed by atoms with Gasteiger partial charge < -0.3 is 13.7 Å². The Labute approximate surface area is 436 Å². The number of hydrogen-bond acceptors (Lipinski definition) is 2. The molecule has 4 aromatic heterocycles. The molecule has 0 saturated heterocycles. The van der Waals surface area contributed by atoms with Crippen LogP contribution in [-0.4, -0.2) is 23.7 Å². The van der Waals surface area contributed by atoms with Crippen molar-refractivity contribution in [2.45, 2.75) is 54.4 Å². The van der Waals surface area contributed by atoms with Crippen LogP contribution in [0.2, 0.25) is 0 Å². The Hall–Kier alpha value is -9.24. The molecule has 13 aromatic rings. The second-order valence-corrected chi connectivity index (χ2v) is 21.1. The third-order valence-corrected chi connectivity index (χ3v) is 16.1. The second kappa shape index (κ2) is 16.1. The zero-order chi connectivity index (χ0) is 50.4. The monoisotopic (exact) mass is 961 g/mol. The van der Waals surface area contributed by atoms with Gasteiger partial charge in [0.25, 0.3) is 0 Å². The minimum absolute atomic E-state index is 0.651. The number of hydrogen-bond donors (Lipinski definition) is 0. The van der Waals surface area contributed by atoms with Crippen LogP contribution in [-0.2, 0) is 0 Å². The molecular formula is C70H51N5. The summed E-state index contributed by atoms with van der Waals surface area (Å²) in [6.45, 7) is 13.3. The molecule has 0 fully saturated rings. The highest BCUT2D eigenvalue weighted by molar-refractivity contribution is 6.16. The fraction of sp³-hybridized carbons (Fsp3) is 0.114. The molecule has 0 atom stereocenters. The summed E-state index contributed by atoms with van der Waals surface area (Å²) in [4.78, 5) is 11.8. The molecule has 0 saturated carbocycles.